The van der Waals surface area contributed by atoms with Crippen molar-refractivity contribution in [1.29, 1.82) is 0 Å². The average molecular weight is 523 g/mol. The van der Waals surface area contributed by atoms with Gasteiger partial charge in [0.05, 0.1) is 35.7 Å². The molecule has 1 aliphatic heterocycles. The van der Waals surface area contributed by atoms with Crippen LogP contribution in [-0.2, 0) is 17.6 Å². The molecule has 190 valence electrons. The number of ether oxygens (including phenoxy) is 1. The van der Waals surface area contributed by atoms with Crippen LogP contribution < -0.4 is 9.64 Å². The lowest BCUT2D eigenvalue weighted by Crippen LogP contribution is -2.28. The molecule has 0 saturated carbocycles. The fourth-order valence-corrected chi connectivity index (χ4v) is 5.56. The molecule has 0 spiro atoms. The molecule has 0 radical (unpaired) electrons. The number of furan rings is 1. The molecular formula is C30H26N4O3S. The summed E-state index contributed by atoms with van der Waals surface area (Å²) in [4.78, 5) is 15.7. The summed E-state index contributed by atoms with van der Waals surface area (Å²) in [6, 6.07) is 27.7. The van der Waals surface area contributed by atoms with E-state index in [1.807, 2.05) is 89.2 Å². The SMILES string of the molecule is CCOc1ccc(-n2c(SCC(=O)N3c4ccccc4CCc4ccccc43)nnc2-c2ccco2)cc1. The van der Waals surface area contributed by atoms with E-state index in [1.165, 1.54) is 22.9 Å². The molecule has 0 atom stereocenters. The van der Waals surface area contributed by atoms with Crippen molar-refractivity contribution in [2.75, 3.05) is 17.3 Å². The molecule has 5 aromatic rings. The summed E-state index contributed by atoms with van der Waals surface area (Å²) in [7, 11) is 0. The predicted molar refractivity (Wildman–Crippen MR) is 148 cm³/mol. The zero-order valence-electron chi connectivity index (χ0n) is 20.9. The van der Waals surface area contributed by atoms with E-state index < -0.39 is 0 Å². The molecule has 3 aromatic carbocycles. The summed E-state index contributed by atoms with van der Waals surface area (Å²) in [6.45, 7) is 2.55. The highest BCUT2D eigenvalue weighted by Crippen LogP contribution is 2.37. The summed E-state index contributed by atoms with van der Waals surface area (Å²) in [5, 5.41) is 9.46. The van der Waals surface area contributed by atoms with E-state index in [-0.39, 0.29) is 11.7 Å². The molecule has 0 aliphatic carbocycles. The van der Waals surface area contributed by atoms with Crippen molar-refractivity contribution in [3.05, 3.63) is 102 Å². The summed E-state index contributed by atoms with van der Waals surface area (Å²) in [5.41, 5.74) is 5.06. The van der Waals surface area contributed by atoms with Crippen molar-refractivity contribution in [3.63, 3.8) is 0 Å². The van der Waals surface area contributed by atoms with Crippen molar-refractivity contribution >= 4 is 29.0 Å². The van der Waals surface area contributed by atoms with Gasteiger partial charge in [-0.3, -0.25) is 14.3 Å². The van der Waals surface area contributed by atoms with E-state index >= 15 is 0 Å². The number of anilines is 2. The Morgan fingerprint density at radius 3 is 2.21 bits per heavy atom. The Labute approximate surface area is 225 Å². The normalized spacial score (nSPS) is 12.5. The molecule has 1 amide bonds. The van der Waals surface area contributed by atoms with E-state index in [2.05, 4.69) is 22.3 Å². The van der Waals surface area contributed by atoms with E-state index in [0.29, 0.717) is 23.3 Å². The largest absolute Gasteiger partial charge is 0.494 e. The van der Waals surface area contributed by atoms with Gasteiger partial charge in [-0.1, -0.05) is 48.2 Å². The number of hydrogen-bond acceptors (Lipinski definition) is 6. The van der Waals surface area contributed by atoms with Crippen molar-refractivity contribution in [3.8, 4) is 23.0 Å². The lowest BCUT2D eigenvalue weighted by atomic mass is 10.0. The van der Waals surface area contributed by atoms with Gasteiger partial charge in [-0.05, 0) is 79.4 Å². The molecule has 38 heavy (non-hydrogen) atoms. The lowest BCUT2D eigenvalue weighted by Gasteiger charge is -2.25. The van der Waals surface area contributed by atoms with E-state index in [0.717, 1.165) is 35.7 Å². The number of nitrogens with zero attached hydrogens (tertiary/aromatic N) is 4. The third-order valence-electron chi connectivity index (χ3n) is 6.48. The molecule has 0 N–H and O–H groups in total. The van der Waals surface area contributed by atoms with Gasteiger partial charge >= 0.3 is 0 Å². The first kappa shape index (κ1) is 24.1. The Hall–Kier alpha value is -4.30. The van der Waals surface area contributed by atoms with Crippen LogP contribution in [0.1, 0.15) is 18.1 Å². The first-order valence-electron chi connectivity index (χ1n) is 12.6. The van der Waals surface area contributed by atoms with Crippen LogP contribution in [0.2, 0.25) is 0 Å². The average Bonchev–Trinajstić information content (AvgIpc) is 3.60. The molecule has 1 aliphatic rings. The second-order valence-corrected chi connectivity index (χ2v) is 9.76. The molecule has 2 aromatic heterocycles. The first-order chi connectivity index (χ1) is 18.7. The molecule has 6 rings (SSSR count). The zero-order valence-corrected chi connectivity index (χ0v) is 21.7. The van der Waals surface area contributed by atoms with Crippen LogP contribution in [0, 0.1) is 0 Å². The van der Waals surface area contributed by atoms with Gasteiger partial charge < -0.3 is 9.15 Å². The number of aryl methyl sites for hydroxylation is 2. The van der Waals surface area contributed by atoms with Gasteiger partial charge in [0, 0.05) is 0 Å². The highest BCUT2D eigenvalue weighted by atomic mass is 32.2. The van der Waals surface area contributed by atoms with E-state index in [9.17, 15) is 4.79 Å². The van der Waals surface area contributed by atoms with Crippen LogP contribution in [-0.4, -0.2) is 33.0 Å². The number of amides is 1. The van der Waals surface area contributed by atoms with Crippen molar-refractivity contribution in [1.82, 2.24) is 14.8 Å². The molecule has 0 unspecified atom stereocenters. The summed E-state index contributed by atoms with van der Waals surface area (Å²) < 4.78 is 13.2. The minimum atomic E-state index is -0.0161. The van der Waals surface area contributed by atoms with Gasteiger partial charge in [0.15, 0.2) is 10.9 Å². The zero-order chi connectivity index (χ0) is 25.9. The molecule has 7 nitrogen and oxygen atoms in total. The van der Waals surface area contributed by atoms with Gasteiger partial charge in [0.1, 0.15) is 5.75 Å². The number of aromatic nitrogens is 3. The highest BCUT2D eigenvalue weighted by Gasteiger charge is 2.27. The van der Waals surface area contributed by atoms with Crippen LogP contribution in [0.5, 0.6) is 5.75 Å². The summed E-state index contributed by atoms with van der Waals surface area (Å²) in [5.74, 6) is 2.12. The van der Waals surface area contributed by atoms with Crippen LogP contribution >= 0.6 is 11.8 Å². The molecule has 8 heteroatoms. The fraction of sp³-hybridized carbons (Fsp3) is 0.167. The maximum absolute atomic E-state index is 13.9. The van der Waals surface area contributed by atoms with Crippen LogP contribution in [0.15, 0.2) is 101 Å². The number of hydrogen-bond donors (Lipinski definition) is 0. The number of carbonyl (C=O) groups excluding carboxylic acids is 1. The lowest BCUT2D eigenvalue weighted by molar-refractivity contribution is -0.115. The van der Waals surface area contributed by atoms with Crippen molar-refractivity contribution in [2.24, 2.45) is 0 Å². The maximum atomic E-state index is 13.9. The molecule has 0 fully saturated rings. The first-order valence-corrected chi connectivity index (χ1v) is 13.6. The molecule has 0 saturated heterocycles. The Morgan fingerprint density at radius 2 is 1.58 bits per heavy atom. The summed E-state index contributed by atoms with van der Waals surface area (Å²) >= 11 is 1.36. The van der Waals surface area contributed by atoms with Gasteiger partial charge in [-0.15, -0.1) is 10.2 Å². The quantitative estimate of drug-likeness (QED) is 0.228. The predicted octanol–water partition coefficient (Wildman–Crippen LogP) is 6.48. The number of rotatable bonds is 7. The third-order valence-corrected chi connectivity index (χ3v) is 7.40. The van der Waals surface area contributed by atoms with Gasteiger partial charge in [0.25, 0.3) is 0 Å². The third kappa shape index (κ3) is 4.59. The van der Waals surface area contributed by atoms with Crippen LogP contribution in [0.3, 0.4) is 0 Å². The smallest absolute Gasteiger partial charge is 0.242 e. The standard InChI is InChI=1S/C30H26N4O3S/c1-2-36-24-17-15-23(16-18-24)33-29(27-12-7-19-37-27)31-32-30(33)38-20-28(35)34-25-10-5-3-8-21(25)13-14-22-9-4-6-11-26(22)34/h3-12,15-19H,2,13-14,20H2,1H3. The minimum absolute atomic E-state index is 0.0161. The van der Waals surface area contributed by atoms with Gasteiger partial charge in [0.2, 0.25) is 11.7 Å². The van der Waals surface area contributed by atoms with Crippen LogP contribution in [0.4, 0.5) is 11.4 Å². The topological polar surface area (TPSA) is 73.4 Å². The number of benzene rings is 3. The molecule has 0 bridgehead atoms. The highest BCUT2D eigenvalue weighted by molar-refractivity contribution is 7.99. The Balaban J connectivity index is 1.33. The second kappa shape index (κ2) is 10.6. The number of para-hydroxylation sites is 2. The Morgan fingerprint density at radius 1 is 0.895 bits per heavy atom. The van der Waals surface area contributed by atoms with E-state index in [1.54, 1.807) is 6.26 Å². The number of fused-ring (bicyclic) bond motifs is 2. The Kier molecular flexibility index (Phi) is 6.71. The maximum Gasteiger partial charge on any atom is 0.242 e. The van der Waals surface area contributed by atoms with E-state index in [4.69, 9.17) is 9.15 Å². The van der Waals surface area contributed by atoms with Gasteiger partial charge in [-0.2, -0.15) is 0 Å². The van der Waals surface area contributed by atoms with Crippen LogP contribution in [0.25, 0.3) is 17.3 Å². The molecule has 3 heterocycles. The number of carbonyl (C=O) groups is 1. The Bertz CT molecular complexity index is 1510. The second-order valence-electron chi connectivity index (χ2n) is 8.82. The molecular weight excluding hydrogens is 496 g/mol. The fourth-order valence-electron chi connectivity index (χ4n) is 4.76. The van der Waals surface area contributed by atoms with Crippen molar-refractivity contribution in [2.45, 2.75) is 24.9 Å². The summed E-state index contributed by atoms with van der Waals surface area (Å²) in [6.07, 6.45) is 3.39. The minimum Gasteiger partial charge on any atom is -0.494 e. The van der Waals surface area contributed by atoms with Gasteiger partial charge in [-0.25, -0.2) is 0 Å². The van der Waals surface area contributed by atoms with Crippen molar-refractivity contribution < 1.29 is 13.9 Å². The monoisotopic (exact) mass is 522 g/mol. The number of thioether (sulfide) groups is 1.